The Morgan fingerprint density at radius 1 is 1.42 bits per heavy atom. The molecule has 0 amide bonds. The van der Waals surface area contributed by atoms with E-state index in [-0.39, 0.29) is 0 Å². The van der Waals surface area contributed by atoms with Gasteiger partial charge in [-0.25, -0.2) is 0 Å². The lowest BCUT2D eigenvalue weighted by Gasteiger charge is -1.95. The highest BCUT2D eigenvalue weighted by Crippen LogP contribution is 2.04. The van der Waals surface area contributed by atoms with E-state index < -0.39 is 7.72 Å². The molecule has 0 aliphatic rings. The summed E-state index contributed by atoms with van der Waals surface area (Å²) < 4.78 is 0. The van der Waals surface area contributed by atoms with Crippen LogP contribution >= 0.6 is 11.1 Å². The summed E-state index contributed by atoms with van der Waals surface area (Å²) >= 11 is 5.93. The molecule has 0 fully saturated rings. The molecule has 0 aliphatic heterocycles. The zero-order valence-electron chi connectivity index (χ0n) is 7.05. The van der Waals surface area contributed by atoms with Gasteiger partial charge in [0.15, 0.2) is 0 Å². The lowest BCUT2D eigenvalue weighted by Crippen LogP contribution is -1.91. The first-order chi connectivity index (χ1) is 5.72. The summed E-state index contributed by atoms with van der Waals surface area (Å²) in [5.41, 5.74) is 4.45. The first-order valence-electron chi connectivity index (χ1n) is 3.78. The molecule has 0 saturated carbocycles. The predicted octanol–water partition coefficient (Wildman–Crippen LogP) is 2.92. The van der Waals surface area contributed by atoms with Crippen molar-refractivity contribution in [2.24, 2.45) is 0 Å². The van der Waals surface area contributed by atoms with Crippen molar-refractivity contribution in [3.05, 3.63) is 42.0 Å². The Hall–Kier alpha value is -0.663. The Kier molecular flexibility index (Phi) is 3.44. The molecule has 2 heteroatoms. The minimum atomic E-state index is -0.799. The Balaban J connectivity index is 3.02. The average Bonchev–Trinajstić information content (AvgIpc) is 2.03. The van der Waals surface area contributed by atoms with E-state index in [9.17, 15) is 0 Å². The second-order valence-electron chi connectivity index (χ2n) is 2.61. The van der Waals surface area contributed by atoms with Crippen LogP contribution < -0.4 is 0 Å². The van der Waals surface area contributed by atoms with Crippen LogP contribution in [0.5, 0.6) is 0 Å². The molecule has 0 heterocycles. The molecule has 0 saturated heterocycles. The van der Waals surface area contributed by atoms with Gasteiger partial charge in [-0.3, -0.25) is 0 Å². The molecule has 0 bridgehead atoms. The fourth-order valence-corrected chi connectivity index (χ4v) is 2.02. The molecule has 0 unspecified atom stereocenters. The van der Waals surface area contributed by atoms with E-state index in [1.54, 1.807) is 0 Å². The second kappa shape index (κ2) is 4.38. The van der Waals surface area contributed by atoms with Gasteiger partial charge >= 0.3 is 0 Å². The maximum absolute atomic E-state index is 5.93. The monoisotopic (exact) mass is 194 g/mol. The zero-order valence-corrected chi connectivity index (χ0v) is 8.81. The summed E-state index contributed by atoms with van der Waals surface area (Å²) in [4.78, 5) is 0. The Bertz CT molecular complexity index is 311. The highest BCUT2D eigenvalue weighted by Gasteiger charge is 1.89. The van der Waals surface area contributed by atoms with Crippen LogP contribution in [-0.2, 0) is 0 Å². The van der Waals surface area contributed by atoms with E-state index >= 15 is 0 Å². The van der Waals surface area contributed by atoms with E-state index in [1.165, 1.54) is 5.56 Å². The van der Waals surface area contributed by atoms with Gasteiger partial charge in [0, 0.05) is 0 Å². The van der Waals surface area contributed by atoms with Gasteiger partial charge in [0.2, 0.25) is 0 Å². The largest absolute Gasteiger partial charge is 0.139 e. The molecular weight excluding hydrogens is 184 g/mol. The van der Waals surface area contributed by atoms with Gasteiger partial charge in [-0.2, -0.15) is 0 Å². The van der Waals surface area contributed by atoms with E-state index in [1.807, 2.05) is 24.8 Å². The van der Waals surface area contributed by atoms with Crippen LogP contribution in [0.15, 0.2) is 30.8 Å². The molecule has 62 valence electrons. The van der Waals surface area contributed by atoms with Gasteiger partial charge in [-0.05, 0) is 23.7 Å². The summed E-state index contributed by atoms with van der Waals surface area (Å²) in [5.74, 6) is 0. The van der Waals surface area contributed by atoms with Crippen LogP contribution in [0.25, 0.3) is 6.08 Å². The van der Waals surface area contributed by atoms with Gasteiger partial charge < -0.3 is 0 Å². The topological polar surface area (TPSA) is 0 Å². The maximum atomic E-state index is 5.93. The normalized spacial score (nSPS) is 11.3. The summed E-state index contributed by atoms with van der Waals surface area (Å²) in [5, 5.41) is 0. The molecule has 1 aromatic rings. The number of rotatable bonds is 2. The van der Waals surface area contributed by atoms with Crippen LogP contribution in [0.4, 0.5) is 0 Å². The Morgan fingerprint density at radius 3 is 2.67 bits per heavy atom. The molecule has 0 nitrogen and oxygen atoms in total. The van der Waals surface area contributed by atoms with Gasteiger partial charge in [0.25, 0.3) is 0 Å². The van der Waals surface area contributed by atoms with Crippen LogP contribution in [-0.4, -0.2) is 13.4 Å². The van der Waals surface area contributed by atoms with Crippen molar-refractivity contribution in [1.29, 1.82) is 0 Å². The average molecular weight is 195 g/mol. The molecule has 0 atom stereocenters. The maximum Gasteiger partial charge on any atom is 0.122 e. The molecule has 1 rings (SSSR count). The van der Waals surface area contributed by atoms with Gasteiger partial charge in [0.1, 0.15) is 7.72 Å². The van der Waals surface area contributed by atoms with Crippen LogP contribution in [0.3, 0.4) is 0 Å². The smallest absolute Gasteiger partial charge is 0.122 e. The zero-order chi connectivity index (χ0) is 8.97. The number of hydrogen-bond acceptors (Lipinski definition) is 0. The van der Waals surface area contributed by atoms with Gasteiger partial charge in [0.05, 0.1) is 0 Å². The molecule has 12 heavy (non-hydrogen) atoms. The number of benzene rings is 1. The fourth-order valence-electron chi connectivity index (χ4n) is 1.01. The summed E-state index contributed by atoms with van der Waals surface area (Å²) in [6.45, 7) is 5.76. The predicted molar refractivity (Wildman–Crippen MR) is 59.2 cm³/mol. The minimum Gasteiger partial charge on any atom is -0.139 e. The number of hydrogen-bond donors (Lipinski definition) is 0. The SMILES string of the molecule is C=Cc1cccc(C=[Si](C)Cl)c1. The second-order valence-corrected chi connectivity index (χ2v) is 5.86. The fraction of sp³-hybridized carbons (Fsp3) is 0.100. The molecule has 0 N–H and O–H groups in total. The van der Waals surface area contributed by atoms with E-state index in [2.05, 4.69) is 24.4 Å². The van der Waals surface area contributed by atoms with Gasteiger partial charge in [-0.1, -0.05) is 36.5 Å². The van der Waals surface area contributed by atoms with Crippen molar-refractivity contribution in [2.45, 2.75) is 6.55 Å². The first-order valence-corrected chi connectivity index (χ1v) is 6.87. The van der Waals surface area contributed by atoms with Crippen LogP contribution in [0.1, 0.15) is 11.1 Å². The minimum absolute atomic E-state index is 0.799. The van der Waals surface area contributed by atoms with Crippen molar-refractivity contribution in [3.63, 3.8) is 0 Å². The van der Waals surface area contributed by atoms with Crippen LogP contribution in [0, 0.1) is 0 Å². The lowest BCUT2D eigenvalue weighted by atomic mass is 10.1. The highest BCUT2D eigenvalue weighted by atomic mass is 35.6. The highest BCUT2D eigenvalue weighted by molar-refractivity contribution is 7.08. The van der Waals surface area contributed by atoms with Crippen LogP contribution in [0.2, 0.25) is 6.55 Å². The van der Waals surface area contributed by atoms with Crippen molar-refractivity contribution in [1.82, 2.24) is 0 Å². The molecule has 0 radical (unpaired) electrons. The van der Waals surface area contributed by atoms with Crippen molar-refractivity contribution < 1.29 is 0 Å². The first kappa shape index (κ1) is 9.43. The van der Waals surface area contributed by atoms with Crippen molar-refractivity contribution in [2.75, 3.05) is 0 Å². The quantitative estimate of drug-likeness (QED) is 0.502. The molecular formula is C10H11ClSi. The summed E-state index contributed by atoms with van der Waals surface area (Å²) in [6, 6.07) is 8.19. The number of halogens is 1. The standard InChI is InChI=1S/C10H11ClSi/c1-3-9-5-4-6-10(7-9)8-12(2)11/h3-8H,1H2,2H3. The lowest BCUT2D eigenvalue weighted by molar-refractivity contribution is 1.64. The molecule has 0 aromatic heterocycles. The third-order valence-electron chi connectivity index (χ3n) is 1.51. The summed E-state index contributed by atoms with van der Waals surface area (Å²) in [6.07, 6.45) is 1.84. The van der Waals surface area contributed by atoms with Crippen molar-refractivity contribution in [3.8, 4) is 0 Å². The summed E-state index contributed by atoms with van der Waals surface area (Å²) in [7, 11) is -0.799. The van der Waals surface area contributed by atoms with Gasteiger partial charge in [-0.15, -0.1) is 11.1 Å². The third kappa shape index (κ3) is 2.76. The van der Waals surface area contributed by atoms with Crippen molar-refractivity contribution >= 4 is 30.5 Å². The molecule has 1 aromatic carbocycles. The van der Waals surface area contributed by atoms with E-state index in [0.717, 1.165) is 5.56 Å². The van der Waals surface area contributed by atoms with E-state index in [0.29, 0.717) is 0 Å². The molecule has 0 aliphatic carbocycles. The Labute approximate surface area is 79.4 Å². The Morgan fingerprint density at radius 2 is 2.08 bits per heavy atom. The van der Waals surface area contributed by atoms with E-state index in [4.69, 9.17) is 11.1 Å². The third-order valence-corrected chi connectivity index (χ3v) is 2.57. The molecule has 0 spiro atoms.